The third kappa shape index (κ3) is 5.95. The smallest absolute Gasteiger partial charge is 0.416 e. The summed E-state index contributed by atoms with van der Waals surface area (Å²) in [6.45, 7) is 1.09. The number of carbonyl (C=O) groups is 2. The molecule has 5 rings (SSSR count). The Morgan fingerprint density at radius 2 is 1.71 bits per heavy atom. The van der Waals surface area contributed by atoms with Gasteiger partial charge < -0.3 is 21.5 Å². The molecular formula is C27H24F5N7O3. The van der Waals surface area contributed by atoms with E-state index in [9.17, 15) is 27.2 Å². The molecule has 220 valence electrons. The van der Waals surface area contributed by atoms with Crippen LogP contribution in [0.5, 0.6) is 0 Å². The molecule has 2 aromatic carbocycles. The van der Waals surface area contributed by atoms with E-state index in [-0.39, 0.29) is 24.0 Å². The molecule has 0 atom stereocenters. The fourth-order valence-corrected chi connectivity index (χ4v) is 5.04. The van der Waals surface area contributed by atoms with E-state index in [0.717, 1.165) is 11.8 Å². The maximum Gasteiger partial charge on any atom is 0.416 e. The number of alkyl halides is 3. The second-order valence-electron chi connectivity index (χ2n) is 9.80. The zero-order valence-corrected chi connectivity index (χ0v) is 21.8. The van der Waals surface area contributed by atoms with Gasteiger partial charge in [0.25, 0.3) is 0 Å². The Morgan fingerprint density at radius 1 is 1.00 bits per heavy atom. The number of benzene rings is 2. The standard InChI is InChI=1S/C27H24F5N7O3/c28-18-3-2-16(27(30,31)32)10-21(18)37-26(42)36-20-4-1-15(9-19(20)29)17-11-22(39-24(17)25(33)34-13-35-39)14-5-7-38(8-6-14)12-23(40)41/h1-4,9-11,13-14H,5-8,12H2,(H,40,41)(H2,33,34,35)(H2,36,37,42). The Balaban J connectivity index is 1.38. The van der Waals surface area contributed by atoms with Gasteiger partial charge in [-0.1, -0.05) is 6.07 Å². The van der Waals surface area contributed by atoms with Crippen LogP contribution in [0.4, 0.5) is 43.9 Å². The third-order valence-electron chi connectivity index (χ3n) is 7.05. The average molecular weight is 590 g/mol. The van der Waals surface area contributed by atoms with Crippen molar-refractivity contribution in [2.45, 2.75) is 24.9 Å². The number of aromatic nitrogens is 3. The number of nitrogens with two attached hydrogens (primary N) is 1. The number of halogens is 5. The minimum absolute atomic E-state index is 0.0244. The van der Waals surface area contributed by atoms with Gasteiger partial charge in [0.1, 0.15) is 23.5 Å². The Kier molecular flexibility index (Phi) is 7.69. The molecule has 10 nitrogen and oxygen atoms in total. The van der Waals surface area contributed by atoms with Crippen molar-refractivity contribution in [2.75, 3.05) is 36.0 Å². The minimum Gasteiger partial charge on any atom is -0.480 e. The van der Waals surface area contributed by atoms with Gasteiger partial charge in [-0.15, -0.1) is 0 Å². The summed E-state index contributed by atoms with van der Waals surface area (Å²) in [6, 6.07) is 6.11. The topological polar surface area (TPSA) is 138 Å². The first kappa shape index (κ1) is 28.7. The van der Waals surface area contributed by atoms with Crippen molar-refractivity contribution in [3.8, 4) is 11.1 Å². The number of fused-ring (bicyclic) bond motifs is 1. The maximum atomic E-state index is 15.2. The molecule has 0 radical (unpaired) electrons. The number of aliphatic carboxylic acids is 1. The quantitative estimate of drug-likeness (QED) is 0.227. The molecule has 0 saturated carbocycles. The Bertz CT molecular complexity index is 1670. The van der Waals surface area contributed by atoms with Crippen LogP contribution in [0.25, 0.3) is 16.6 Å². The van der Waals surface area contributed by atoms with E-state index in [1.807, 2.05) is 16.3 Å². The van der Waals surface area contributed by atoms with Crippen molar-refractivity contribution in [1.82, 2.24) is 19.5 Å². The molecule has 0 spiro atoms. The molecule has 2 amide bonds. The summed E-state index contributed by atoms with van der Waals surface area (Å²) in [7, 11) is 0. The van der Waals surface area contributed by atoms with Gasteiger partial charge in [0.05, 0.1) is 23.5 Å². The van der Waals surface area contributed by atoms with Crippen LogP contribution in [-0.2, 0) is 11.0 Å². The summed E-state index contributed by atoms with van der Waals surface area (Å²) < 4.78 is 69.7. The number of rotatable bonds is 6. The van der Waals surface area contributed by atoms with E-state index < -0.39 is 41.1 Å². The van der Waals surface area contributed by atoms with Gasteiger partial charge in [0.2, 0.25) is 0 Å². The molecule has 4 aromatic rings. The summed E-state index contributed by atoms with van der Waals surface area (Å²) in [4.78, 5) is 29.3. The maximum absolute atomic E-state index is 15.2. The lowest BCUT2D eigenvalue weighted by molar-refractivity contribution is -0.139. The highest BCUT2D eigenvalue weighted by Gasteiger charge is 2.31. The predicted molar refractivity (Wildman–Crippen MR) is 143 cm³/mol. The average Bonchev–Trinajstić information content (AvgIpc) is 3.31. The first-order chi connectivity index (χ1) is 19.9. The highest BCUT2D eigenvalue weighted by Crippen LogP contribution is 2.37. The number of amides is 2. The van der Waals surface area contributed by atoms with E-state index in [1.54, 1.807) is 4.52 Å². The lowest BCUT2D eigenvalue weighted by Crippen LogP contribution is -2.36. The van der Waals surface area contributed by atoms with Crippen molar-refractivity contribution < 1.29 is 36.6 Å². The minimum atomic E-state index is -4.75. The van der Waals surface area contributed by atoms with Crippen LogP contribution in [0.2, 0.25) is 0 Å². The number of carboxylic acids is 1. The van der Waals surface area contributed by atoms with Crippen molar-refractivity contribution in [2.24, 2.45) is 0 Å². The van der Waals surface area contributed by atoms with Crippen LogP contribution in [0, 0.1) is 11.6 Å². The van der Waals surface area contributed by atoms with E-state index in [4.69, 9.17) is 10.8 Å². The number of hydrogen-bond donors (Lipinski definition) is 4. The lowest BCUT2D eigenvalue weighted by atomic mass is 9.93. The molecular weight excluding hydrogens is 565 g/mol. The molecule has 0 aliphatic carbocycles. The summed E-state index contributed by atoms with van der Waals surface area (Å²) in [6.07, 6.45) is -2.12. The van der Waals surface area contributed by atoms with Crippen molar-refractivity contribution in [1.29, 1.82) is 0 Å². The van der Waals surface area contributed by atoms with Gasteiger partial charge in [-0.3, -0.25) is 9.69 Å². The molecule has 1 aliphatic heterocycles. The summed E-state index contributed by atoms with van der Waals surface area (Å²) in [5.41, 5.74) is 6.13. The summed E-state index contributed by atoms with van der Waals surface area (Å²) in [5, 5.41) is 17.5. The Morgan fingerprint density at radius 3 is 2.38 bits per heavy atom. The largest absolute Gasteiger partial charge is 0.480 e. The number of likely N-dealkylation sites (tertiary alicyclic amines) is 1. The first-order valence-corrected chi connectivity index (χ1v) is 12.7. The number of carboxylic acid groups (broad SMARTS) is 1. The van der Waals surface area contributed by atoms with Crippen molar-refractivity contribution in [3.63, 3.8) is 0 Å². The Labute approximate surface area is 234 Å². The first-order valence-electron chi connectivity index (χ1n) is 12.7. The molecule has 3 heterocycles. The van der Waals surface area contributed by atoms with E-state index >= 15 is 4.39 Å². The normalized spacial score (nSPS) is 14.7. The van der Waals surface area contributed by atoms with E-state index in [0.29, 0.717) is 60.8 Å². The fraction of sp³-hybridized carbons (Fsp3) is 0.259. The zero-order chi connectivity index (χ0) is 30.2. The van der Waals surface area contributed by atoms with Gasteiger partial charge in [-0.2, -0.15) is 18.3 Å². The van der Waals surface area contributed by atoms with Gasteiger partial charge in [-0.05, 0) is 67.9 Å². The zero-order valence-electron chi connectivity index (χ0n) is 21.8. The molecule has 0 bridgehead atoms. The van der Waals surface area contributed by atoms with Gasteiger partial charge >= 0.3 is 18.2 Å². The SMILES string of the molecule is Nc1ncnn2c(C3CCN(CC(=O)O)CC3)cc(-c3ccc(NC(=O)Nc4cc(C(F)(F)F)ccc4F)c(F)c3)c12. The van der Waals surface area contributed by atoms with Gasteiger partial charge in [-0.25, -0.2) is 23.1 Å². The van der Waals surface area contributed by atoms with Crippen LogP contribution < -0.4 is 16.4 Å². The molecule has 1 aliphatic rings. The molecule has 0 unspecified atom stereocenters. The second kappa shape index (κ2) is 11.2. The lowest BCUT2D eigenvalue weighted by Gasteiger charge is -2.30. The third-order valence-corrected chi connectivity index (χ3v) is 7.05. The highest BCUT2D eigenvalue weighted by molar-refractivity contribution is 6.00. The van der Waals surface area contributed by atoms with Crippen molar-refractivity contribution >= 4 is 34.7 Å². The molecule has 1 saturated heterocycles. The van der Waals surface area contributed by atoms with Gasteiger partial charge in [0, 0.05) is 17.2 Å². The Hall–Kier alpha value is -4.79. The fourth-order valence-electron chi connectivity index (χ4n) is 5.04. The second-order valence-corrected chi connectivity index (χ2v) is 9.80. The van der Waals surface area contributed by atoms with E-state index in [2.05, 4.69) is 15.4 Å². The number of piperidine rings is 1. The summed E-state index contributed by atoms with van der Waals surface area (Å²) >= 11 is 0. The molecule has 42 heavy (non-hydrogen) atoms. The molecule has 1 fully saturated rings. The van der Waals surface area contributed by atoms with Crippen LogP contribution >= 0.6 is 0 Å². The predicted octanol–water partition coefficient (Wildman–Crippen LogP) is 5.18. The number of nitrogen functional groups attached to an aromatic ring is 1. The van der Waals surface area contributed by atoms with Gasteiger partial charge in [0.15, 0.2) is 5.82 Å². The van der Waals surface area contributed by atoms with Crippen LogP contribution in [0.3, 0.4) is 0 Å². The number of nitrogens with one attached hydrogen (secondary N) is 2. The van der Waals surface area contributed by atoms with Crippen LogP contribution in [0.1, 0.15) is 30.0 Å². The number of nitrogens with zero attached hydrogens (tertiary/aromatic N) is 4. The van der Waals surface area contributed by atoms with Crippen LogP contribution in [0.15, 0.2) is 48.8 Å². The molecule has 2 aromatic heterocycles. The number of carbonyl (C=O) groups excluding carboxylic acids is 1. The highest BCUT2D eigenvalue weighted by atomic mass is 19.4. The van der Waals surface area contributed by atoms with Crippen molar-refractivity contribution in [3.05, 3.63) is 71.7 Å². The molecule has 15 heteroatoms. The summed E-state index contributed by atoms with van der Waals surface area (Å²) in [5.74, 6) is -2.69. The number of anilines is 3. The number of hydrogen-bond acceptors (Lipinski definition) is 6. The monoisotopic (exact) mass is 589 g/mol. The van der Waals surface area contributed by atoms with E-state index in [1.165, 1.54) is 18.5 Å². The van der Waals surface area contributed by atoms with Crippen LogP contribution in [-0.4, -0.2) is 56.2 Å². The number of urea groups is 1. The molecule has 5 N–H and O–H groups in total.